The van der Waals surface area contributed by atoms with Crippen LogP contribution in [0.3, 0.4) is 0 Å². The third-order valence-corrected chi connectivity index (χ3v) is 3.88. The predicted octanol–water partition coefficient (Wildman–Crippen LogP) is 2.71. The molecule has 0 saturated carbocycles. The first-order valence-corrected chi connectivity index (χ1v) is 6.86. The molecule has 1 aromatic heterocycles. The van der Waals surface area contributed by atoms with Crippen LogP contribution in [0.15, 0.2) is 18.2 Å². The SMILES string of the molecule is COC(=O)c1cc(N)ccc1OCc1nc(C)c(C)s1. The average molecular weight is 292 g/mol. The molecule has 0 amide bonds. The molecule has 106 valence electrons. The Labute approximate surface area is 121 Å². The van der Waals surface area contributed by atoms with Gasteiger partial charge in [-0.2, -0.15) is 0 Å². The molecule has 0 bridgehead atoms. The Morgan fingerprint density at radius 2 is 2.15 bits per heavy atom. The lowest BCUT2D eigenvalue weighted by molar-refractivity contribution is 0.0595. The van der Waals surface area contributed by atoms with E-state index in [2.05, 4.69) is 4.98 Å². The highest BCUT2D eigenvalue weighted by molar-refractivity contribution is 7.11. The number of nitrogen functional groups attached to an aromatic ring is 1. The molecule has 5 nitrogen and oxygen atoms in total. The Bertz CT molecular complexity index is 618. The number of thiazole rings is 1. The minimum Gasteiger partial charge on any atom is -0.486 e. The normalized spacial score (nSPS) is 10.3. The van der Waals surface area contributed by atoms with Gasteiger partial charge in [-0.05, 0) is 32.0 Å². The highest BCUT2D eigenvalue weighted by atomic mass is 32.1. The van der Waals surface area contributed by atoms with Crippen LogP contribution in [-0.4, -0.2) is 18.1 Å². The Hall–Kier alpha value is -2.08. The Morgan fingerprint density at radius 3 is 2.75 bits per heavy atom. The van der Waals surface area contributed by atoms with Crippen LogP contribution in [0.1, 0.15) is 25.9 Å². The van der Waals surface area contributed by atoms with Crippen LogP contribution in [0, 0.1) is 13.8 Å². The van der Waals surface area contributed by atoms with Crippen LogP contribution < -0.4 is 10.5 Å². The molecule has 0 atom stereocenters. The van der Waals surface area contributed by atoms with Crippen molar-refractivity contribution in [1.82, 2.24) is 4.98 Å². The predicted molar refractivity (Wildman–Crippen MR) is 78.1 cm³/mol. The number of rotatable bonds is 4. The molecule has 0 unspecified atom stereocenters. The molecule has 2 N–H and O–H groups in total. The first-order chi connectivity index (χ1) is 9.51. The van der Waals surface area contributed by atoms with Gasteiger partial charge in [-0.15, -0.1) is 11.3 Å². The lowest BCUT2D eigenvalue weighted by Gasteiger charge is -2.09. The van der Waals surface area contributed by atoms with Gasteiger partial charge in [0.05, 0.1) is 12.8 Å². The molecule has 0 aliphatic rings. The first kappa shape index (κ1) is 14.3. The third kappa shape index (κ3) is 3.08. The van der Waals surface area contributed by atoms with E-state index in [9.17, 15) is 4.79 Å². The van der Waals surface area contributed by atoms with Crippen molar-refractivity contribution in [3.05, 3.63) is 39.3 Å². The Morgan fingerprint density at radius 1 is 1.40 bits per heavy atom. The molecule has 6 heteroatoms. The van der Waals surface area contributed by atoms with Crippen molar-refractivity contribution in [1.29, 1.82) is 0 Å². The number of carbonyl (C=O) groups is 1. The van der Waals surface area contributed by atoms with Gasteiger partial charge in [-0.3, -0.25) is 0 Å². The van der Waals surface area contributed by atoms with E-state index in [0.29, 0.717) is 23.6 Å². The van der Waals surface area contributed by atoms with Crippen LogP contribution in [0.5, 0.6) is 5.75 Å². The van der Waals surface area contributed by atoms with Crippen molar-refractivity contribution < 1.29 is 14.3 Å². The van der Waals surface area contributed by atoms with Gasteiger partial charge in [-0.25, -0.2) is 9.78 Å². The zero-order chi connectivity index (χ0) is 14.7. The van der Waals surface area contributed by atoms with E-state index >= 15 is 0 Å². The quantitative estimate of drug-likeness (QED) is 0.692. The number of nitrogens with zero attached hydrogens (tertiary/aromatic N) is 1. The smallest absolute Gasteiger partial charge is 0.341 e. The molecule has 1 heterocycles. The van der Waals surface area contributed by atoms with E-state index in [4.69, 9.17) is 15.2 Å². The summed E-state index contributed by atoms with van der Waals surface area (Å²) in [4.78, 5) is 17.2. The summed E-state index contributed by atoms with van der Waals surface area (Å²) in [6, 6.07) is 4.88. The average Bonchev–Trinajstić information content (AvgIpc) is 2.75. The summed E-state index contributed by atoms with van der Waals surface area (Å²) in [5, 5.41) is 0.868. The zero-order valence-electron chi connectivity index (χ0n) is 11.6. The van der Waals surface area contributed by atoms with Gasteiger partial charge in [0.25, 0.3) is 0 Å². The van der Waals surface area contributed by atoms with Crippen LogP contribution in [0.4, 0.5) is 5.69 Å². The topological polar surface area (TPSA) is 74.4 Å². The van der Waals surface area contributed by atoms with E-state index in [0.717, 1.165) is 15.6 Å². The molecule has 1 aromatic carbocycles. The maximum absolute atomic E-state index is 11.7. The summed E-state index contributed by atoms with van der Waals surface area (Å²) in [5.74, 6) is -0.0321. The fourth-order valence-corrected chi connectivity index (χ4v) is 2.53. The molecule has 20 heavy (non-hydrogen) atoms. The summed E-state index contributed by atoms with van der Waals surface area (Å²) in [6.07, 6.45) is 0. The second-order valence-electron chi connectivity index (χ2n) is 4.29. The zero-order valence-corrected chi connectivity index (χ0v) is 12.4. The van der Waals surface area contributed by atoms with Crippen molar-refractivity contribution in [3.8, 4) is 5.75 Å². The van der Waals surface area contributed by atoms with Crippen LogP contribution in [-0.2, 0) is 11.3 Å². The number of ether oxygens (including phenoxy) is 2. The number of nitrogens with two attached hydrogens (primary N) is 1. The molecule has 0 spiro atoms. The lowest BCUT2D eigenvalue weighted by Crippen LogP contribution is -2.06. The summed E-state index contributed by atoms with van der Waals surface area (Å²) >= 11 is 1.58. The minimum absolute atomic E-state index is 0.313. The Kier molecular flexibility index (Phi) is 4.24. The van der Waals surface area contributed by atoms with Crippen molar-refractivity contribution in [2.45, 2.75) is 20.5 Å². The monoisotopic (exact) mass is 292 g/mol. The van der Waals surface area contributed by atoms with Crippen LogP contribution in [0.25, 0.3) is 0 Å². The summed E-state index contributed by atoms with van der Waals surface area (Å²) < 4.78 is 10.4. The molecule has 2 rings (SSSR count). The number of methoxy groups -OCH3 is 1. The fourth-order valence-electron chi connectivity index (χ4n) is 1.68. The number of aryl methyl sites for hydroxylation is 2. The van der Waals surface area contributed by atoms with E-state index in [1.165, 1.54) is 7.11 Å². The largest absolute Gasteiger partial charge is 0.486 e. The molecule has 0 aliphatic carbocycles. The standard InChI is InChI=1S/C14H16N2O3S/c1-8-9(2)20-13(16-8)7-19-12-5-4-10(15)6-11(12)14(17)18-3/h4-6H,7,15H2,1-3H3. The van der Waals surface area contributed by atoms with E-state index < -0.39 is 5.97 Å². The number of carbonyl (C=O) groups excluding carboxylic acids is 1. The van der Waals surface area contributed by atoms with Gasteiger partial charge >= 0.3 is 5.97 Å². The van der Waals surface area contributed by atoms with Gasteiger partial charge in [0, 0.05) is 10.6 Å². The van der Waals surface area contributed by atoms with Gasteiger partial charge in [0.2, 0.25) is 0 Å². The number of anilines is 1. The number of benzene rings is 1. The first-order valence-electron chi connectivity index (χ1n) is 6.05. The molecule has 0 aliphatic heterocycles. The van der Waals surface area contributed by atoms with Gasteiger partial charge in [-0.1, -0.05) is 0 Å². The van der Waals surface area contributed by atoms with Gasteiger partial charge < -0.3 is 15.2 Å². The van der Waals surface area contributed by atoms with Crippen molar-refractivity contribution in [2.24, 2.45) is 0 Å². The lowest BCUT2D eigenvalue weighted by atomic mass is 10.2. The van der Waals surface area contributed by atoms with Gasteiger partial charge in [0.1, 0.15) is 22.9 Å². The second kappa shape index (κ2) is 5.92. The maximum Gasteiger partial charge on any atom is 0.341 e. The van der Waals surface area contributed by atoms with E-state index in [-0.39, 0.29) is 0 Å². The second-order valence-corrected chi connectivity index (χ2v) is 5.57. The van der Waals surface area contributed by atoms with Crippen LogP contribution in [0.2, 0.25) is 0 Å². The molecular formula is C14H16N2O3S. The van der Waals surface area contributed by atoms with Gasteiger partial charge in [0.15, 0.2) is 0 Å². The van der Waals surface area contributed by atoms with E-state index in [1.807, 2.05) is 13.8 Å². The molecule has 2 aromatic rings. The van der Waals surface area contributed by atoms with E-state index in [1.54, 1.807) is 29.5 Å². The fraction of sp³-hybridized carbons (Fsp3) is 0.286. The van der Waals surface area contributed by atoms with Crippen molar-refractivity contribution in [2.75, 3.05) is 12.8 Å². The summed E-state index contributed by atoms with van der Waals surface area (Å²) in [6.45, 7) is 4.28. The number of aromatic nitrogens is 1. The summed E-state index contributed by atoms with van der Waals surface area (Å²) in [7, 11) is 1.32. The van der Waals surface area contributed by atoms with Crippen LogP contribution >= 0.6 is 11.3 Å². The maximum atomic E-state index is 11.7. The van der Waals surface area contributed by atoms with Crippen molar-refractivity contribution >= 4 is 23.0 Å². The summed E-state index contributed by atoms with van der Waals surface area (Å²) in [5.41, 5.74) is 7.48. The number of hydrogen-bond donors (Lipinski definition) is 1. The molecular weight excluding hydrogens is 276 g/mol. The number of esters is 1. The molecule has 0 fully saturated rings. The third-order valence-electron chi connectivity index (χ3n) is 2.83. The molecule has 0 radical (unpaired) electrons. The number of hydrogen-bond acceptors (Lipinski definition) is 6. The minimum atomic E-state index is -0.473. The Balaban J connectivity index is 2.18. The highest BCUT2D eigenvalue weighted by Gasteiger charge is 2.14. The van der Waals surface area contributed by atoms with Crippen molar-refractivity contribution in [3.63, 3.8) is 0 Å². The molecule has 0 saturated heterocycles. The highest BCUT2D eigenvalue weighted by Crippen LogP contribution is 2.24.